The first kappa shape index (κ1) is 13.6. The zero-order valence-electron chi connectivity index (χ0n) is 11.2. The number of benzene rings is 1. The molecule has 0 bridgehead atoms. The molecule has 3 N–H and O–H groups in total. The molecule has 1 atom stereocenters. The Balaban J connectivity index is 1.92. The molecule has 102 valence electrons. The number of ether oxygens (including phenoxy) is 1. The van der Waals surface area contributed by atoms with Gasteiger partial charge in [-0.05, 0) is 31.4 Å². The third-order valence-electron chi connectivity index (χ3n) is 3.18. The fourth-order valence-electron chi connectivity index (χ4n) is 2.22. The van der Waals surface area contributed by atoms with Crippen molar-refractivity contribution in [1.82, 2.24) is 4.98 Å². The van der Waals surface area contributed by atoms with Crippen molar-refractivity contribution >= 4 is 16.9 Å². The quantitative estimate of drug-likeness (QED) is 0.783. The number of nitrogens with two attached hydrogens (primary N) is 1. The summed E-state index contributed by atoms with van der Waals surface area (Å²) >= 11 is 0. The molecule has 0 fully saturated rings. The molecule has 1 unspecified atom stereocenters. The molecular weight excluding hydrogens is 240 g/mol. The highest BCUT2D eigenvalue weighted by Gasteiger charge is 2.11. The van der Waals surface area contributed by atoms with E-state index in [1.54, 1.807) is 0 Å². The van der Waals surface area contributed by atoms with Crippen molar-refractivity contribution in [3.05, 3.63) is 36.0 Å². The molecule has 1 aromatic carbocycles. The minimum Gasteiger partial charge on any atom is -0.466 e. The second kappa shape index (κ2) is 6.38. The molecule has 0 saturated heterocycles. The number of carbonyl (C=O) groups is 1. The fraction of sp³-hybridized carbons (Fsp3) is 0.400. The Bertz CT molecular complexity index is 548. The zero-order chi connectivity index (χ0) is 13.7. The van der Waals surface area contributed by atoms with Crippen LogP contribution in [0.4, 0.5) is 0 Å². The van der Waals surface area contributed by atoms with Gasteiger partial charge in [0.15, 0.2) is 0 Å². The highest BCUT2D eigenvalue weighted by Crippen LogP contribution is 2.19. The summed E-state index contributed by atoms with van der Waals surface area (Å²) in [4.78, 5) is 14.5. The van der Waals surface area contributed by atoms with Crippen LogP contribution in [0.25, 0.3) is 10.9 Å². The van der Waals surface area contributed by atoms with Gasteiger partial charge in [0.2, 0.25) is 0 Å². The van der Waals surface area contributed by atoms with Crippen LogP contribution < -0.4 is 5.73 Å². The maximum atomic E-state index is 11.3. The predicted molar refractivity (Wildman–Crippen MR) is 75.8 cm³/mol. The van der Waals surface area contributed by atoms with Gasteiger partial charge in [0.1, 0.15) is 0 Å². The van der Waals surface area contributed by atoms with Crippen LogP contribution in [0.2, 0.25) is 0 Å². The van der Waals surface area contributed by atoms with Crippen LogP contribution >= 0.6 is 0 Å². The standard InChI is InChI=1S/C15H20N2O2/c1-2-19-15(18)8-7-12(16)9-11-10-17-14-6-4-3-5-13(11)14/h3-6,10,12,17H,2,7-9,16H2,1H3. The van der Waals surface area contributed by atoms with Crippen molar-refractivity contribution in [2.45, 2.75) is 32.2 Å². The number of hydrogen-bond acceptors (Lipinski definition) is 3. The van der Waals surface area contributed by atoms with E-state index in [0.29, 0.717) is 19.4 Å². The van der Waals surface area contributed by atoms with Gasteiger partial charge in [-0.25, -0.2) is 0 Å². The number of fused-ring (bicyclic) bond motifs is 1. The van der Waals surface area contributed by atoms with Crippen LogP contribution in [-0.4, -0.2) is 23.6 Å². The first-order valence-corrected chi connectivity index (χ1v) is 6.67. The van der Waals surface area contributed by atoms with Gasteiger partial charge in [-0.3, -0.25) is 4.79 Å². The van der Waals surface area contributed by atoms with E-state index in [2.05, 4.69) is 11.1 Å². The minimum absolute atomic E-state index is 0.0244. The Morgan fingerprint density at radius 2 is 2.21 bits per heavy atom. The topological polar surface area (TPSA) is 68.1 Å². The number of aromatic nitrogens is 1. The Morgan fingerprint density at radius 3 is 3.00 bits per heavy atom. The predicted octanol–water partition coefficient (Wildman–Crippen LogP) is 2.38. The Morgan fingerprint density at radius 1 is 1.42 bits per heavy atom. The summed E-state index contributed by atoms with van der Waals surface area (Å²) in [6.45, 7) is 2.24. The average Bonchev–Trinajstić information content (AvgIpc) is 2.80. The minimum atomic E-state index is -0.170. The van der Waals surface area contributed by atoms with Crippen molar-refractivity contribution in [2.24, 2.45) is 5.73 Å². The van der Waals surface area contributed by atoms with Crippen molar-refractivity contribution < 1.29 is 9.53 Å². The van der Waals surface area contributed by atoms with E-state index in [-0.39, 0.29) is 12.0 Å². The third kappa shape index (κ3) is 3.58. The molecule has 0 spiro atoms. The highest BCUT2D eigenvalue weighted by atomic mass is 16.5. The number of aromatic amines is 1. The molecule has 19 heavy (non-hydrogen) atoms. The molecule has 1 aromatic heterocycles. The number of hydrogen-bond donors (Lipinski definition) is 2. The summed E-state index contributed by atoms with van der Waals surface area (Å²) < 4.78 is 4.90. The number of para-hydroxylation sites is 1. The van der Waals surface area contributed by atoms with E-state index >= 15 is 0 Å². The lowest BCUT2D eigenvalue weighted by Gasteiger charge is -2.10. The number of esters is 1. The summed E-state index contributed by atoms with van der Waals surface area (Å²) in [5.74, 6) is -0.170. The summed E-state index contributed by atoms with van der Waals surface area (Å²) in [5.41, 5.74) is 8.40. The van der Waals surface area contributed by atoms with Crippen molar-refractivity contribution in [2.75, 3.05) is 6.61 Å². The molecule has 0 saturated carbocycles. The number of rotatable bonds is 6. The van der Waals surface area contributed by atoms with E-state index in [9.17, 15) is 4.79 Å². The molecule has 1 heterocycles. The number of H-pyrrole nitrogens is 1. The first-order valence-electron chi connectivity index (χ1n) is 6.67. The van der Waals surface area contributed by atoms with Crippen LogP contribution in [0.15, 0.2) is 30.5 Å². The zero-order valence-corrected chi connectivity index (χ0v) is 11.2. The molecule has 0 aliphatic heterocycles. The van der Waals surface area contributed by atoms with Gasteiger partial charge in [0, 0.05) is 29.6 Å². The Labute approximate surface area is 112 Å². The Hall–Kier alpha value is -1.81. The summed E-state index contributed by atoms with van der Waals surface area (Å²) in [6, 6.07) is 8.12. The smallest absolute Gasteiger partial charge is 0.305 e. The molecule has 0 radical (unpaired) electrons. The highest BCUT2D eigenvalue weighted by molar-refractivity contribution is 5.83. The summed E-state index contributed by atoms with van der Waals surface area (Å²) in [6.07, 6.45) is 3.80. The summed E-state index contributed by atoms with van der Waals surface area (Å²) in [7, 11) is 0. The molecule has 0 amide bonds. The molecule has 2 rings (SSSR count). The van der Waals surface area contributed by atoms with E-state index in [4.69, 9.17) is 10.5 Å². The molecule has 0 aliphatic rings. The van der Waals surface area contributed by atoms with Gasteiger partial charge in [0.25, 0.3) is 0 Å². The van der Waals surface area contributed by atoms with Gasteiger partial charge >= 0.3 is 5.97 Å². The second-order valence-corrected chi connectivity index (χ2v) is 4.67. The van der Waals surface area contributed by atoms with Gasteiger partial charge in [-0.15, -0.1) is 0 Å². The second-order valence-electron chi connectivity index (χ2n) is 4.67. The van der Waals surface area contributed by atoms with E-state index in [0.717, 1.165) is 11.9 Å². The lowest BCUT2D eigenvalue weighted by molar-refractivity contribution is -0.143. The van der Waals surface area contributed by atoms with Gasteiger partial charge in [-0.1, -0.05) is 18.2 Å². The molecule has 0 aliphatic carbocycles. The van der Waals surface area contributed by atoms with Crippen molar-refractivity contribution in [3.8, 4) is 0 Å². The van der Waals surface area contributed by atoms with Gasteiger partial charge in [0.05, 0.1) is 6.61 Å². The van der Waals surface area contributed by atoms with Crippen molar-refractivity contribution in [3.63, 3.8) is 0 Å². The maximum absolute atomic E-state index is 11.3. The van der Waals surface area contributed by atoms with Gasteiger partial charge in [-0.2, -0.15) is 0 Å². The SMILES string of the molecule is CCOC(=O)CCC(N)Cc1c[nH]c2ccccc12. The van der Waals surface area contributed by atoms with Crippen LogP contribution in [0.1, 0.15) is 25.3 Å². The lowest BCUT2D eigenvalue weighted by Crippen LogP contribution is -2.24. The molecular formula is C15H20N2O2. The largest absolute Gasteiger partial charge is 0.466 e. The van der Waals surface area contributed by atoms with E-state index < -0.39 is 0 Å². The summed E-state index contributed by atoms with van der Waals surface area (Å²) in [5, 5.41) is 1.20. The number of carbonyl (C=O) groups excluding carboxylic acids is 1. The van der Waals surface area contributed by atoms with E-state index in [1.807, 2.05) is 31.3 Å². The van der Waals surface area contributed by atoms with Crippen LogP contribution in [-0.2, 0) is 16.0 Å². The molecule has 4 nitrogen and oxygen atoms in total. The molecule has 2 aromatic rings. The third-order valence-corrected chi connectivity index (χ3v) is 3.18. The van der Waals surface area contributed by atoms with Crippen molar-refractivity contribution in [1.29, 1.82) is 0 Å². The average molecular weight is 260 g/mol. The van der Waals surface area contributed by atoms with Crippen LogP contribution in [0.3, 0.4) is 0 Å². The van der Waals surface area contributed by atoms with Gasteiger partial charge < -0.3 is 15.5 Å². The number of nitrogens with one attached hydrogen (secondary N) is 1. The van der Waals surface area contributed by atoms with Crippen LogP contribution in [0.5, 0.6) is 0 Å². The maximum Gasteiger partial charge on any atom is 0.305 e. The lowest BCUT2D eigenvalue weighted by atomic mass is 10.0. The monoisotopic (exact) mass is 260 g/mol. The fourth-order valence-corrected chi connectivity index (χ4v) is 2.22. The first-order chi connectivity index (χ1) is 9.20. The Kier molecular flexibility index (Phi) is 4.58. The normalized spacial score (nSPS) is 12.5. The van der Waals surface area contributed by atoms with E-state index in [1.165, 1.54) is 10.9 Å². The van der Waals surface area contributed by atoms with Crippen LogP contribution in [0, 0.1) is 0 Å². The molecule has 4 heteroatoms.